The van der Waals surface area contributed by atoms with Crippen molar-refractivity contribution in [1.82, 2.24) is 15.1 Å². The molecule has 1 aromatic rings. The lowest BCUT2D eigenvalue weighted by Crippen LogP contribution is -2.29. The molecule has 0 aliphatic heterocycles. The summed E-state index contributed by atoms with van der Waals surface area (Å²) in [6, 6.07) is 0. The van der Waals surface area contributed by atoms with Crippen LogP contribution in [0, 0.1) is 17.3 Å². The smallest absolute Gasteiger partial charge is 0.307 e. The van der Waals surface area contributed by atoms with E-state index in [0.717, 1.165) is 5.56 Å². The SMILES string of the molecule is Cn1cc(CCNC(=O)[C@H]2[C@@H](C(=O)O)C2(C)C)cn1. The fourth-order valence-electron chi connectivity index (χ4n) is 2.63. The van der Waals surface area contributed by atoms with Crippen molar-refractivity contribution in [3.05, 3.63) is 18.0 Å². The Balaban J connectivity index is 1.81. The molecule has 1 aromatic heterocycles. The van der Waals surface area contributed by atoms with Gasteiger partial charge in [-0.2, -0.15) is 5.10 Å². The van der Waals surface area contributed by atoms with Crippen LogP contribution in [0.3, 0.4) is 0 Å². The molecule has 0 bridgehead atoms. The van der Waals surface area contributed by atoms with E-state index in [-0.39, 0.29) is 5.91 Å². The first-order valence-corrected chi connectivity index (χ1v) is 6.32. The number of rotatable bonds is 5. The molecule has 1 saturated carbocycles. The van der Waals surface area contributed by atoms with Crippen LogP contribution in [0.4, 0.5) is 0 Å². The zero-order chi connectivity index (χ0) is 14.2. The lowest BCUT2D eigenvalue weighted by Gasteiger charge is -2.04. The van der Waals surface area contributed by atoms with E-state index in [9.17, 15) is 9.59 Å². The molecule has 2 N–H and O–H groups in total. The second kappa shape index (κ2) is 4.68. The molecule has 1 amide bonds. The Morgan fingerprint density at radius 1 is 1.47 bits per heavy atom. The highest BCUT2D eigenvalue weighted by molar-refractivity contribution is 5.91. The maximum atomic E-state index is 11.9. The van der Waals surface area contributed by atoms with Crippen molar-refractivity contribution in [2.75, 3.05) is 6.54 Å². The van der Waals surface area contributed by atoms with Crippen LogP contribution in [-0.4, -0.2) is 33.3 Å². The Morgan fingerprint density at radius 3 is 2.63 bits per heavy atom. The van der Waals surface area contributed by atoms with E-state index in [4.69, 9.17) is 5.11 Å². The van der Waals surface area contributed by atoms with E-state index < -0.39 is 23.2 Å². The summed E-state index contributed by atoms with van der Waals surface area (Å²) in [5.74, 6) is -2.04. The van der Waals surface area contributed by atoms with Crippen LogP contribution in [-0.2, 0) is 23.1 Å². The molecule has 6 nitrogen and oxygen atoms in total. The van der Waals surface area contributed by atoms with Gasteiger partial charge in [-0.05, 0) is 17.4 Å². The number of aromatic nitrogens is 2. The number of amides is 1. The molecule has 2 rings (SSSR count). The first kappa shape index (κ1) is 13.6. The fraction of sp³-hybridized carbons (Fsp3) is 0.615. The van der Waals surface area contributed by atoms with E-state index in [2.05, 4.69) is 10.4 Å². The van der Waals surface area contributed by atoms with Crippen LogP contribution >= 0.6 is 0 Å². The van der Waals surface area contributed by atoms with Crippen molar-refractivity contribution in [2.45, 2.75) is 20.3 Å². The predicted octanol–water partition coefficient (Wildman–Crippen LogP) is 0.436. The Bertz CT molecular complexity index is 507. The average molecular weight is 265 g/mol. The number of nitrogens with zero attached hydrogens (tertiary/aromatic N) is 2. The van der Waals surface area contributed by atoms with Gasteiger partial charge >= 0.3 is 5.97 Å². The normalized spacial score (nSPS) is 23.9. The molecule has 0 radical (unpaired) electrons. The lowest BCUT2D eigenvalue weighted by molar-refractivity contribution is -0.140. The number of carboxylic acid groups (broad SMARTS) is 1. The number of nitrogens with one attached hydrogen (secondary N) is 1. The number of aliphatic carboxylic acids is 1. The van der Waals surface area contributed by atoms with E-state index in [1.54, 1.807) is 10.9 Å². The van der Waals surface area contributed by atoms with Crippen molar-refractivity contribution in [1.29, 1.82) is 0 Å². The predicted molar refractivity (Wildman–Crippen MR) is 68.3 cm³/mol. The van der Waals surface area contributed by atoms with Gasteiger partial charge in [-0.1, -0.05) is 13.8 Å². The molecule has 6 heteroatoms. The maximum absolute atomic E-state index is 11.9. The molecule has 1 aliphatic carbocycles. The molecular weight excluding hydrogens is 246 g/mol. The quantitative estimate of drug-likeness (QED) is 0.809. The number of carboxylic acids is 1. The first-order valence-electron chi connectivity index (χ1n) is 6.32. The minimum Gasteiger partial charge on any atom is -0.481 e. The van der Waals surface area contributed by atoms with Gasteiger partial charge in [0, 0.05) is 19.8 Å². The van der Waals surface area contributed by atoms with Crippen molar-refractivity contribution in [3.63, 3.8) is 0 Å². The Kier molecular flexibility index (Phi) is 3.34. The Morgan fingerprint density at radius 2 is 2.16 bits per heavy atom. The zero-order valence-electron chi connectivity index (χ0n) is 11.4. The molecule has 1 fully saturated rings. The van der Waals surface area contributed by atoms with Gasteiger partial charge in [0.15, 0.2) is 0 Å². The fourth-order valence-corrected chi connectivity index (χ4v) is 2.63. The van der Waals surface area contributed by atoms with Crippen molar-refractivity contribution in [2.24, 2.45) is 24.3 Å². The lowest BCUT2D eigenvalue weighted by atomic mass is 10.1. The minimum atomic E-state index is -0.891. The minimum absolute atomic E-state index is 0.165. The molecular formula is C13H19N3O3. The standard InChI is InChI=1S/C13H19N3O3/c1-13(2)9(10(13)12(18)19)11(17)14-5-4-8-6-15-16(3)7-8/h6-7,9-10H,4-5H2,1-3H3,(H,14,17)(H,18,19)/t9-,10+/m1/s1. The van der Waals surface area contributed by atoms with Crippen LogP contribution in [0.2, 0.25) is 0 Å². The molecule has 0 spiro atoms. The van der Waals surface area contributed by atoms with E-state index in [1.165, 1.54) is 0 Å². The van der Waals surface area contributed by atoms with E-state index in [1.807, 2.05) is 27.1 Å². The summed E-state index contributed by atoms with van der Waals surface area (Å²) < 4.78 is 1.71. The van der Waals surface area contributed by atoms with E-state index in [0.29, 0.717) is 13.0 Å². The van der Waals surface area contributed by atoms with Gasteiger partial charge in [-0.15, -0.1) is 0 Å². The number of hydrogen-bond acceptors (Lipinski definition) is 3. The topological polar surface area (TPSA) is 84.2 Å². The largest absolute Gasteiger partial charge is 0.481 e. The second-order valence-corrected chi connectivity index (χ2v) is 5.68. The zero-order valence-corrected chi connectivity index (χ0v) is 11.4. The highest BCUT2D eigenvalue weighted by Crippen LogP contribution is 2.58. The van der Waals surface area contributed by atoms with Crippen LogP contribution in [0.15, 0.2) is 12.4 Å². The van der Waals surface area contributed by atoms with Gasteiger partial charge in [-0.25, -0.2) is 0 Å². The van der Waals surface area contributed by atoms with Crippen LogP contribution < -0.4 is 5.32 Å². The van der Waals surface area contributed by atoms with Gasteiger partial charge in [0.05, 0.1) is 18.0 Å². The molecule has 19 heavy (non-hydrogen) atoms. The third-order valence-corrected chi connectivity index (χ3v) is 3.85. The van der Waals surface area contributed by atoms with Gasteiger partial charge in [0.25, 0.3) is 0 Å². The van der Waals surface area contributed by atoms with Crippen molar-refractivity contribution < 1.29 is 14.7 Å². The number of carbonyl (C=O) groups is 2. The first-order chi connectivity index (χ1) is 8.84. The van der Waals surface area contributed by atoms with Gasteiger partial charge < -0.3 is 10.4 Å². The van der Waals surface area contributed by atoms with Crippen LogP contribution in [0.25, 0.3) is 0 Å². The number of hydrogen-bond donors (Lipinski definition) is 2. The molecule has 104 valence electrons. The Hall–Kier alpha value is -1.85. The summed E-state index contributed by atoms with van der Waals surface area (Å²) in [6.45, 7) is 4.14. The van der Waals surface area contributed by atoms with Gasteiger partial charge in [-0.3, -0.25) is 14.3 Å². The summed E-state index contributed by atoms with van der Waals surface area (Å²) in [6.07, 6.45) is 4.35. The summed E-state index contributed by atoms with van der Waals surface area (Å²) >= 11 is 0. The molecule has 2 atom stereocenters. The molecule has 1 aliphatic rings. The monoisotopic (exact) mass is 265 g/mol. The summed E-state index contributed by atoms with van der Waals surface area (Å²) in [5.41, 5.74) is 0.608. The number of carbonyl (C=O) groups excluding carboxylic acids is 1. The molecule has 1 heterocycles. The average Bonchev–Trinajstić information content (AvgIpc) is 2.65. The summed E-state index contributed by atoms with van der Waals surface area (Å²) in [7, 11) is 1.84. The third-order valence-electron chi connectivity index (χ3n) is 3.85. The molecule has 0 saturated heterocycles. The van der Waals surface area contributed by atoms with Crippen molar-refractivity contribution in [3.8, 4) is 0 Å². The van der Waals surface area contributed by atoms with Gasteiger partial charge in [0.1, 0.15) is 0 Å². The third kappa shape index (κ3) is 2.62. The second-order valence-electron chi connectivity index (χ2n) is 5.68. The van der Waals surface area contributed by atoms with Crippen LogP contribution in [0.1, 0.15) is 19.4 Å². The molecule has 0 unspecified atom stereocenters. The van der Waals surface area contributed by atoms with Crippen molar-refractivity contribution >= 4 is 11.9 Å². The highest BCUT2D eigenvalue weighted by atomic mass is 16.4. The van der Waals surface area contributed by atoms with E-state index >= 15 is 0 Å². The Labute approximate surface area is 111 Å². The van der Waals surface area contributed by atoms with Crippen LogP contribution in [0.5, 0.6) is 0 Å². The summed E-state index contributed by atoms with van der Waals surface area (Å²) in [4.78, 5) is 22.9. The number of aryl methyl sites for hydroxylation is 1. The molecule has 0 aromatic carbocycles. The van der Waals surface area contributed by atoms with Gasteiger partial charge in [0.2, 0.25) is 5.91 Å². The highest BCUT2D eigenvalue weighted by Gasteiger charge is 2.65. The maximum Gasteiger partial charge on any atom is 0.307 e. The summed E-state index contributed by atoms with van der Waals surface area (Å²) in [5, 5.41) is 15.9.